The number of hydrogen-bond donors (Lipinski definition) is 2. The number of nitrogens with one attached hydrogen (secondary N) is 1. The number of aromatic amines is 1. The molecule has 5 nitrogen and oxygen atoms in total. The molecule has 26 heavy (non-hydrogen) atoms. The van der Waals surface area contributed by atoms with Gasteiger partial charge in [-0.15, -0.1) is 11.3 Å². The van der Waals surface area contributed by atoms with Gasteiger partial charge in [-0.05, 0) is 36.8 Å². The summed E-state index contributed by atoms with van der Waals surface area (Å²) in [5.41, 5.74) is 4.03. The maximum absolute atomic E-state index is 12.3. The maximum atomic E-state index is 12.3. The van der Waals surface area contributed by atoms with Crippen LogP contribution in [0.1, 0.15) is 26.6 Å². The number of fused-ring (bicyclic) bond motifs is 1. The second kappa shape index (κ2) is 6.74. The van der Waals surface area contributed by atoms with Crippen LogP contribution in [0.4, 0.5) is 0 Å². The number of H-pyrrole nitrogens is 1. The minimum absolute atomic E-state index is 0.00909. The summed E-state index contributed by atoms with van der Waals surface area (Å²) in [6.45, 7) is 2.04. The van der Waals surface area contributed by atoms with Crippen molar-refractivity contribution < 1.29 is 9.90 Å². The molecule has 6 heteroatoms. The zero-order valence-corrected chi connectivity index (χ0v) is 15.0. The molecule has 0 radical (unpaired) electrons. The van der Waals surface area contributed by atoms with Crippen molar-refractivity contribution >= 4 is 28.2 Å². The number of rotatable bonds is 5. The van der Waals surface area contributed by atoms with Crippen LogP contribution in [0.25, 0.3) is 22.3 Å². The highest BCUT2D eigenvalue weighted by atomic mass is 32.1. The minimum atomic E-state index is -0.0847. The van der Waals surface area contributed by atoms with E-state index in [1.807, 2.05) is 47.9 Å². The molecule has 4 aromatic rings. The highest BCUT2D eigenvalue weighted by Gasteiger charge is 2.14. The van der Waals surface area contributed by atoms with Gasteiger partial charge in [0, 0.05) is 22.8 Å². The topological polar surface area (TPSA) is 70.4 Å². The molecule has 3 aromatic heterocycles. The standard InChI is InChI=1S/C20H17N3O2S/c1-13-11-23-17(8-9-18(25)16-3-2-10-21-16)19(22-20(23)26-13)15-6-4-14(12-24)5-7-15/h2-11,21,24H,12H2,1H3. The smallest absolute Gasteiger partial charge is 0.202 e. The number of aliphatic hydroxyl groups excluding tert-OH is 1. The van der Waals surface area contributed by atoms with Gasteiger partial charge in [0.25, 0.3) is 0 Å². The quantitative estimate of drug-likeness (QED) is 0.414. The molecule has 0 fully saturated rings. The normalized spacial score (nSPS) is 11.6. The summed E-state index contributed by atoms with van der Waals surface area (Å²) < 4.78 is 2.01. The largest absolute Gasteiger partial charge is 0.392 e. The highest BCUT2D eigenvalue weighted by molar-refractivity contribution is 7.17. The average Bonchev–Trinajstić information content (AvgIpc) is 3.36. The predicted molar refractivity (Wildman–Crippen MR) is 103 cm³/mol. The van der Waals surface area contributed by atoms with Crippen LogP contribution in [0.15, 0.2) is 54.9 Å². The number of carbonyl (C=O) groups excluding carboxylic acids is 1. The fourth-order valence-corrected chi connectivity index (χ4v) is 3.67. The Kier molecular flexibility index (Phi) is 4.28. The van der Waals surface area contributed by atoms with Gasteiger partial charge in [0.05, 0.1) is 23.7 Å². The predicted octanol–water partition coefficient (Wildman–Crippen LogP) is 4.09. The lowest BCUT2D eigenvalue weighted by Crippen LogP contribution is -1.94. The van der Waals surface area contributed by atoms with E-state index in [2.05, 4.69) is 4.98 Å². The summed E-state index contributed by atoms with van der Waals surface area (Å²) in [6, 6.07) is 11.2. The molecule has 0 amide bonds. The lowest BCUT2D eigenvalue weighted by molar-refractivity contribution is 0.104. The molecule has 4 rings (SSSR count). The average molecular weight is 363 g/mol. The van der Waals surface area contributed by atoms with Gasteiger partial charge in [0.15, 0.2) is 4.96 Å². The van der Waals surface area contributed by atoms with Crippen LogP contribution in [-0.2, 0) is 6.61 Å². The third-order valence-electron chi connectivity index (χ3n) is 4.14. The van der Waals surface area contributed by atoms with Crippen LogP contribution < -0.4 is 0 Å². The van der Waals surface area contributed by atoms with E-state index in [1.54, 1.807) is 35.7 Å². The molecule has 3 heterocycles. The maximum Gasteiger partial charge on any atom is 0.202 e. The minimum Gasteiger partial charge on any atom is -0.392 e. The van der Waals surface area contributed by atoms with Gasteiger partial charge in [-0.3, -0.25) is 9.20 Å². The first-order valence-corrected chi connectivity index (χ1v) is 9.02. The molecular weight excluding hydrogens is 346 g/mol. The number of ketones is 1. The number of allylic oxidation sites excluding steroid dienone is 1. The summed E-state index contributed by atoms with van der Waals surface area (Å²) in [5, 5.41) is 9.23. The molecule has 0 saturated heterocycles. The van der Waals surface area contributed by atoms with Gasteiger partial charge < -0.3 is 10.1 Å². The van der Waals surface area contributed by atoms with E-state index in [1.165, 1.54) is 0 Å². The van der Waals surface area contributed by atoms with Crippen LogP contribution in [0.5, 0.6) is 0 Å². The lowest BCUT2D eigenvalue weighted by atomic mass is 10.1. The number of hydrogen-bond acceptors (Lipinski definition) is 4. The SMILES string of the molecule is Cc1cn2c(C=CC(=O)c3ccc[nH]3)c(-c3ccc(CO)cc3)nc2s1. The molecule has 1 aromatic carbocycles. The van der Waals surface area contributed by atoms with E-state index < -0.39 is 0 Å². The van der Waals surface area contributed by atoms with E-state index in [9.17, 15) is 9.90 Å². The molecule has 0 unspecified atom stereocenters. The molecule has 130 valence electrons. The van der Waals surface area contributed by atoms with Crippen molar-refractivity contribution in [1.82, 2.24) is 14.4 Å². The Hall–Kier alpha value is -2.96. The van der Waals surface area contributed by atoms with Gasteiger partial charge in [-0.1, -0.05) is 24.3 Å². The van der Waals surface area contributed by atoms with Crippen LogP contribution in [0.3, 0.4) is 0 Å². The Morgan fingerprint density at radius 2 is 2.12 bits per heavy atom. The number of carbonyl (C=O) groups is 1. The number of benzene rings is 1. The van der Waals surface area contributed by atoms with Gasteiger partial charge in [-0.2, -0.15) is 0 Å². The summed E-state index contributed by atoms with van der Waals surface area (Å²) >= 11 is 1.61. The summed E-state index contributed by atoms with van der Waals surface area (Å²) in [7, 11) is 0. The Bertz CT molecular complexity index is 1090. The first-order valence-electron chi connectivity index (χ1n) is 8.20. The molecule has 2 N–H and O–H groups in total. The van der Waals surface area contributed by atoms with E-state index in [4.69, 9.17) is 4.98 Å². The number of nitrogens with zero attached hydrogens (tertiary/aromatic N) is 2. The first kappa shape index (κ1) is 16.5. The van der Waals surface area contributed by atoms with E-state index in [0.29, 0.717) is 5.69 Å². The van der Waals surface area contributed by atoms with Crippen LogP contribution in [0, 0.1) is 6.92 Å². The summed E-state index contributed by atoms with van der Waals surface area (Å²) in [6.07, 6.45) is 7.13. The van der Waals surface area contributed by atoms with Crippen LogP contribution in [0.2, 0.25) is 0 Å². The van der Waals surface area contributed by atoms with Crippen molar-refractivity contribution in [3.8, 4) is 11.3 Å². The molecular formula is C20H17N3O2S. The van der Waals surface area contributed by atoms with Gasteiger partial charge in [0.2, 0.25) is 5.78 Å². The third kappa shape index (κ3) is 3.00. The second-order valence-electron chi connectivity index (χ2n) is 5.98. The zero-order valence-electron chi connectivity index (χ0n) is 14.1. The number of aliphatic hydroxyl groups is 1. The fraction of sp³-hybridized carbons (Fsp3) is 0.100. The monoisotopic (exact) mass is 363 g/mol. The Morgan fingerprint density at radius 1 is 1.31 bits per heavy atom. The highest BCUT2D eigenvalue weighted by Crippen LogP contribution is 2.29. The van der Waals surface area contributed by atoms with Gasteiger partial charge in [0.1, 0.15) is 0 Å². The first-order chi connectivity index (χ1) is 12.7. The molecule has 0 aliphatic carbocycles. The Balaban J connectivity index is 1.79. The van der Waals surface area contributed by atoms with Gasteiger partial charge in [-0.25, -0.2) is 4.98 Å². The van der Waals surface area contributed by atoms with E-state index in [0.717, 1.165) is 32.4 Å². The second-order valence-corrected chi connectivity index (χ2v) is 7.19. The lowest BCUT2D eigenvalue weighted by Gasteiger charge is -2.02. The molecule has 0 bridgehead atoms. The molecule has 0 aliphatic rings. The van der Waals surface area contributed by atoms with Crippen LogP contribution in [-0.4, -0.2) is 25.3 Å². The Morgan fingerprint density at radius 3 is 2.81 bits per heavy atom. The Labute approximate surface area is 154 Å². The number of aryl methyl sites for hydroxylation is 1. The van der Waals surface area contributed by atoms with Crippen molar-refractivity contribution in [3.05, 3.63) is 76.7 Å². The number of thiazole rings is 1. The third-order valence-corrected chi connectivity index (χ3v) is 5.04. The summed E-state index contributed by atoms with van der Waals surface area (Å²) in [4.78, 5) is 22.0. The molecule has 0 spiro atoms. The number of aromatic nitrogens is 3. The fourth-order valence-electron chi connectivity index (χ4n) is 2.84. The molecule has 0 atom stereocenters. The van der Waals surface area contributed by atoms with Crippen molar-refractivity contribution in [3.63, 3.8) is 0 Å². The number of imidazole rings is 1. The molecule has 0 saturated carbocycles. The van der Waals surface area contributed by atoms with E-state index in [-0.39, 0.29) is 12.4 Å². The van der Waals surface area contributed by atoms with Crippen LogP contribution >= 0.6 is 11.3 Å². The summed E-state index contributed by atoms with van der Waals surface area (Å²) in [5.74, 6) is -0.0847. The van der Waals surface area contributed by atoms with Crippen molar-refractivity contribution in [2.75, 3.05) is 0 Å². The van der Waals surface area contributed by atoms with Crippen molar-refractivity contribution in [2.45, 2.75) is 13.5 Å². The van der Waals surface area contributed by atoms with Crippen molar-refractivity contribution in [1.29, 1.82) is 0 Å². The van der Waals surface area contributed by atoms with Crippen molar-refractivity contribution in [2.24, 2.45) is 0 Å². The zero-order chi connectivity index (χ0) is 18.1. The van der Waals surface area contributed by atoms with E-state index >= 15 is 0 Å². The molecule has 0 aliphatic heterocycles. The van der Waals surface area contributed by atoms with Gasteiger partial charge >= 0.3 is 0 Å².